The lowest BCUT2D eigenvalue weighted by Gasteiger charge is -2.38. The van der Waals surface area contributed by atoms with Crippen molar-refractivity contribution in [1.29, 1.82) is 0 Å². The third-order valence-electron chi connectivity index (χ3n) is 8.00. The minimum atomic E-state index is -1.93. The van der Waals surface area contributed by atoms with Gasteiger partial charge in [0.05, 0.1) is 10.9 Å². The number of carbonyl (C=O) groups excluding carboxylic acids is 1. The molecule has 2 fully saturated rings. The number of urea groups is 1. The van der Waals surface area contributed by atoms with Gasteiger partial charge in [-0.1, -0.05) is 72.1 Å². The van der Waals surface area contributed by atoms with E-state index in [9.17, 15) is 4.79 Å². The van der Waals surface area contributed by atoms with Crippen molar-refractivity contribution in [2.45, 2.75) is 94.5 Å². The molecule has 0 unspecified atom stereocenters. The van der Waals surface area contributed by atoms with Crippen LogP contribution in [0.1, 0.15) is 72.8 Å². The molecule has 1 saturated heterocycles. The van der Waals surface area contributed by atoms with Crippen LogP contribution in [0.3, 0.4) is 0 Å². The zero-order valence-electron chi connectivity index (χ0n) is 21.5. The van der Waals surface area contributed by atoms with Gasteiger partial charge in [-0.2, -0.15) is 0 Å². The van der Waals surface area contributed by atoms with Gasteiger partial charge in [0.2, 0.25) is 0 Å². The topological polar surface area (TPSA) is 71.0 Å². The Labute approximate surface area is 209 Å². The van der Waals surface area contributed by atoms with Crippen LogP contribution in [-0.2, 0) is 0 Å². The van der Waals surface area contributed by atoms with Gasteiger partial charge < -0.3 is 5.32 Å². The molecule has 1 spiro atoms. The van der Waals surface area contributed by atoms with Gasteiger partial charge in [0.1, 0.15) is 13.9 Å². The highest BCUT2D eigenvalue weighted by Gasteiger charge is 2.48. The second-order valence-corrected chi connectivity index (χ2v) is 17.0. The predicted molar refractivity (Wildman–Crippen MR) is 144 cm³/mol. The van der Waals surface area contributed by atoms with Gasteiger partial charge >= 0.3 is 6.03 Å². The SMILES string of the molecule is CSc1ncc2c(C#C[Si](C(C)C)(C(C)C)C(C)C)cc(N3C(=O)NCC34CCCC4)nc2n1. The molecule has 2 aliphatic rings. The number of amides is 2. The molecule has 2 aromatic rings. The van der Waals surface area contributed by atoms with Crippen molar-refractivity contribution in [2.24, 2.45) is 0 Å². The van der Waals surface area contributed by atoms with Crippen molar-refractivity contribution in [2.75, 3.05) is 17.7 Å². The van der Waals surface area contributed by atoms with E-state index in [0.717, 1.165) is 36.6 Å². The molecular weight excluding hydrogens is 458 g/mol. The van der Waals surface area contributed by atoms with Crippen molar-refractivity contribution < 1.29 is 4.79 Å². The zero-order valence-corrected chi connectivity index (χ0v) is 23.3. The molecule has 3 heterocycles. The van der Waals surface area contributed by atoms with Crippen LogP contribution in [0, 0.1) is 11.5 Å². The van der Waals surface area contributed by atoms with Gasteiger partial charge in [0.25, 0.3) is 0 Å². The van der Waals surface area contributed by atoms with Crippen LogP contribution in [0.4, 0.5) is 10.6 Å². The molecule has 2 amide bonds. The van der Waals surface area contributed by atoms with Crippen LogP contribution >= 0.6 is 11.8 Å². The van der Waals surface area contributed by atoms with E-state index in [0.29, 0.717) is 39.8 Å². The Morgan fingerprint density at radius 3 is 2.32 bits per heavy atom. The molecular formula is C26H37N5OSSi. The maximum absolute atomic E-state index is 13.0. The number of nitrogens with zero attached hydrogens (tertiary/aromatic N) is 4. The molecule has 182 valence electrons. The number of pyridine rings is 1. The molecule has 1 N–H and O–H groups in total. The number of carbonyl (C=O) groups is 1. The first-order valence-electron chi connectivity index (χ1n) is 12.5. The molecule has 8 heteroatoms. The van der Waals surface area contributed by atoms with Crippen molar-refractivity contribution in [1.82, 2.24) is 20.3 Å². The minimum absolute atomic E-state index is 0.0675. The summed E-state index contributed by atoms with van der Waals surface area (Å²) in [5.74, 6) is 4.25. The number of anilines is 1. The lowest BCUT2D eigenvalue weighted by molar-refractivity contribution is 0.250. The molecule has 1 saturated carbocycles. The Kier molecular flexibility index (Phi) is 6.98. The Hall–Kier alpha value is -2.11. The van der Waals surface area contributed by atoms with Gasteiger partial charge in [0.15, 0.2) is 10.8 Å². The molecule has 34 heavy (non-hydrogen) atoms. The van der Waals surface area contributed by atoms with E-state index in [-0.39, 0.29) is 11.6 Å². The summed E-state index contributed by atoms with van der Waals surface area (Å²) in [4.78, 5) is 29.0. The highest BCUT2D eigenvalue weighted by atomic mass is 32.2. The summed E-state index contributed by atoms with van der Waals surface area (Å²) in [7, 11) is -1.93. The van der Waals surface area contributed by atoms with Crippen molar-refractivity contribution >= 4 is 42.7 Å². The van der Waals surface area contributed by atoms with Gasteiger partial charge in [0, 0.05) is 18.3 Å². The maximum Gasteiger partial charge on any atom is 0.323 e. The van der Waals surface area contributed by atoms with Crippen molar-refractivity contribution in [3.8, 4) is 11.5 Å². The van der Waals surface area contributed by atoms with Crippen molar-refractivity contribution in [3.05, 3.63) is 17.8 Å². The zero-order chi connectivity index (χ0) is 24.7. The molecule has 0 radical (unpaired) electrons. The van der Waals surface area contributed by atoms with Gasteiger partial charge in [-0.05, 0) is 41.8 Å². The number of rotatable bonds is 5. The van der Waals surface area contributed by atoms with E-state index in [1.165, 1.54) is 11.8 Å². The van der Waals surface area contributed by atoms with E-state index >= 15 is 0 Å². The van der Waals surface area contributed by atoms with Crippen LogP contribution < -0.4 is 10.2 Å². The summed E-state index contributed by atoms with van der Waals surface area (Å²) < 4.78 is 0. The molecule has 0 aromatic carbocycles. The average molecular weight is 496 g/mol. The minimum Gasteiger partial charge on any atom is -0.335 e. The molecule has 0 atom stereocenters. The molecule has 1 aliphatic heterocycles. The molecule has 0 bridgehead atoms. The fourth-order valence-electron chi connectivity index (χ4n) is 6.30. The third-order valence-corrected chi connectivity index (χ3v) is 14.9. The Morgan fingerprint density at radius 1 is 1.09 bits per heavy atom. The number of thioether (sulfide) groups is 1. The summed E-state index contributed by atoms with van der Waals surface area (Å²) in [6.07, 6.45) is 8.06. The second-order valence-electron chi connectivity index (χ2n) is 10.7. The molecule has 2 aromatic heterocycles. The van der Waals surface area contributed by atoms with E-state index < -0.39 is 8.07 Å². The van der Waals surface area contributed by atoms with E-state index in [2.05, 4.69) is 63.3 Å². The summed E-state index contributed by atoms with van der Waals surface area (Å²) in [6, 6.07) is 1.94. The van der Waals surface area contributed by atoms with Crippen LogP contribution in [0.5, 0.6) is 0 Å². The van der Waals surface area contributed by atoms with Gasteiger partial charge in [-0.15, -0.1) is 5.54 Å². The third kappa shape index (κ3) is 4.11. The smallest absolute Gasteiger partial charge is 0.323 e. The van der Waals surface area contributed by atoms with Crippen LogP contribution in [-0.4, -0.2) is 47.4 Å². The summed E-state index contributed by atoms with van der Waals surface area (Å²) >= 11 is 1.49. The molecule has 1 aliphatic carbocycles. The largest absolute Gasteiger partial charge is 0.335 e. The fourth-order valence-corrected chi connectivity index (χ4v) is 11.9. The van der Waals surface area contributed by atoms with Crippen LogP contribution in [0.15, 0.2) is 17.4 Å². The summed E-state index contributed by atoms with van der Waals surface area (Å²) in [5.41, 5.74) is 6.75. The number of nitrogens with one attached hydrogen (secondary N) is 1. The Balaban J connectivity index is 1.92. The Morgan fingerprint density at radius 2 is 1.74 bits per heavy atom. The van der Waals surface area contributed by atoms with Gasteiger partial charge in [-0.25, -0.2) is 19.7 Å². The van der Waals surface area contributed by atoms with Crippen molar-refractivity contribution in [3.63, 3.8) is 0 Å². The lowest BCUT2D eigenvalue weighted by Crippen LogP contribution is -2.45. The predicted octanol–water partition coefficient (Wildman–Crippen LogP) is 6.16. The Bertz CT molecular complexity index is 1130. The first-order chi connectivity index (χ1) is 16.1. The lowest BCUT2D eigenvalue weighted by atomic mass is 9.97. The summed E-state index contributed by atoms with van der Waals surface area (Å²) in [5, 5.41) is 4.60. The normalized spacial score (nSPS) is 17.8. The number of hydrogen-bond donors (Lipinski definition) is 1. The summed E-state index contributed by atoms with van der Waals surface area (Å²) in [6.45, 7) is 14.6. The van der Waals surface area contributed by atoms with Gasteiger partial charge in [-0.3, -0.25) is 4.90 Å². The van der Waals surface area contributed by atoms with E-state index in [4.69, 9.17) is 9.97 Å². The van der Waals surface area contributed by atoms with Crippen LogP contribution in [0.2, 0.25) is 16.6 Å². The van der Waals surface area contributed by atoms with E-state index in [1.807, 2.05) is 23.4 Å². The quantitative estimate of drug-likeness (QED) is 0.233. The average Bonchev–Trinajstić information content (AvgIpc) is 3.39. The highest BCUT2D eigenvalue weighted by molar-refractivity contribution is 7.98. The highest BCUT2D eigenvalue weighted by Crippen LogP contribution is 2.42. The van der Waals surface area contributed by atoms with Crippen LogP contribution in [0.25, 0.3) is 11.0 Å². The maximum atomic E-state index is 13.0. The first-order valence-corrected chi connectivity index (χ1v) is 15.9. The first kappa shape index (κ1) is 25.0. The number of hydrogen-bond acceptors (Lipinski definition) is 5. The number of aromatic nitrogens is 3. The second kappa shape index (κ2) is 9.50. The number of fused-ring (bicyclic) bond motifs is 1. The molecule has 4 rings (SSSR count). The monoisotopic (exact) mass is 495 g/mol. The molecule has 6 nitrogen and oxygen atoms in total. The standard InChI is InChI=1S/C26H37N5OSSi/c1-17(2)34(18(3)4,19(5)6)13-10-20-14-22(29-23-21(20)15-27-24(30-23)33-7)31-25(32)28-16-26(31)11-8-9-12-26/h14-15,17-19H,8-9,11-12,16H2,1-7H3,(H,28,32). The fraction of sp³-hybridized carbons (Fsp3) is 0.615. The van der Waals surface area contributed by atoms with E-state index in [1.54, 1.807) is 0 Å².